The highest BCUT2D eigenvalue weighted by Crippen LogP contribution is 2.39. The molecule has 4 rings (SSSR count). The summed E-state index contributed by atoms with van der Waals surface area (Å²) in [5, 5.41) is 4.50. The van der Waals surface area contributed by atoms with Gasteiger partial charge < -0.3 is 9.47 Å². The summed E-state index contributed by atoms with van der Waals surface area (Å²) < 4.78 is 52.2. The number of ether oxygens (including phenoxy) is 2. The molecule has 0 aromatic heterocycles. The summed E-state index contributed by atoms with van der Waals surface area (Å²) in [6.45, 7) is 0. The molecule has 3 aromatic rings. The van der Waals surface area contributed by atoms with Gasteiger partial charge in [0.25, 0.3) is 10.0 Å². The minimum atomic E-state index is -3.93. The molecule has 1 aliphatic heterocycles. The van der Waals surface area contributed by atoms with Crippen molar-refractivity contribution in [2.45, 2.75) is 17.4 Å². The molecule has 0 bridgehead atoms. The fourth-order valence-electron chi connectivity index (χ4n) is 3.54. The lowest BCUT2D eigenvalue weighted by Crippen LogP contribution is -2.27. The predicted molar refractivity (Wildman–Crippen MR) is 115 cm³/mol. The van der Waals surface area contributed by atoms with Crippen molar-refractivity contribution in [3.05, 3.63) is 89.7 Å². The number of hydrogen-bond acceptors (Lipinski definition) is 5. The molecular formula is C23H21FN2O4S. The largest absolute Gasteiger partial charge is 0.497 e. The van der Waals surface area contributed by atoms with Crippen LogP contribution < -0.4 is 9.47 Å². The van der Waals surface area contributed by atoms with Crippen LogP contribution >= 0.6 is 0 Å². The zero-order valence-corrected chi connectivity index (χ0v) is 17.8. The Morgan fingerprint density at radius 3 is 2.32 bits per heavy atom. The molecule has 6 nitrogen and oxygen atoms in total. The molecule has 31 heavy (non-hydrogen) atoms. The van der Waals surface area contributed by atoms with Crippen LogP contribution in [-0.2, 0) is 10.0 Å². The molecule has 0 saturated heterocycles. The maximum Gasteiger partial charge on any atom is 0.279 e. The summed E-state index contributed by atoms with van der Waals surface area (Å²) in [6.07, 6.45) is 0.306. The van der Waals surface area contributed by atoms with Crippen LogP contribution in [0.1, 0.15) is 23.6 Å². The minimum absolute atomic E-state index is 0.133. The average Bonchev–Trinajstić information content (AvgIpc) is 3.26. The number of nitrogens with zero attached hydrogens (tertiary/aromatic N) is 2. The predicted octanol–water partition coefficient (Wildman–Crippen LogP) is 4.38. The van der Waals surface area contributed by atoms with E-state index in [1.807, 2.05) is 0 Å². The Kier molecular flexibility index (Phi) is 5.65. The second-order valence-corrected chi connectivity index (χ2v) is 8.77. The Labute approximate surface area is 180 Å². The third kappa shape index (κ3) is 3.98. The monoisotopic (exact) mass is 440 g/mol. The molecule has 1 heterocycles. The van der Waals surface area contributed by atoms with E-state index in [2.05, 4.69) is 5.10 Å². The number of hydrazone groups is 1. The minimum Gasteiger partial charge on any atom is -0.497 e. The Morgan fingerprint density at radius 1 is 0.968 bits per heavy atom. The fourth-order valence-corrected chi connectivity index (χ4v) is 5.00. The standard InChI is InChI=1S/C23H21FN2O4S/c1-29-18-12-13-20(23(14-18)30-2)21-15-22(16-8-10-17(24)11-9-16)26(25-21)31(27,28)19-6-4-3-5-7-19/h3-14,22H,15H2,1-2H3/t22-/m0/s1. The highest BCUT2D eigenvalue weighted by atomic mass is 32.2. The lowest BCUT2D eigenvalue weighted by molar-refractivity contribution is 0.371. The van der Waals surface area contributed by atoms with Gasteiger partial charge in [0.05, 0.1) is 30.9 Å². The van der Waals surface area contributed by atoms with Crippen molar-refractivity contribution >= 4 is 15.7 Å². The zero-order valence-electron chi connectivity index (χ0n) is 17.0. The number of halogens is 1. The lowest BCUT2D eigenvalue weighted by atomic mass is 9.98. The normalized spacial score (nSPS) is 16.2. The van der Waals surface area contributed by atoms with Gasteiger partial charge in [-0.1, -0.05) is 30.3 Å². The number of sulfonamides is 1. The van der Waals surface area contributed by atoms with Gasteiger partial charge in [0.1, 0.15) is 17.3 Å². The van der Waals surface area contributed by atoms with E-state index in [1.54, 1.807) is 55.6 Å². The van der Waals surface area contributed by atoms with E-state index in [0.29, 0.717) is 34.8 Å². The molecule has 0 saturated carbocycles. The first-order chi connectivity index (χ1) is 14.9. The lowest BCUT2D eigenvalue weighted by Gasteiger charge is -2.23. The van der Waals surface area contributed by atoms with Crippen LogP contribution in [0.3, 0.4) is 0 Å². The molecule has 1 aliphatic rings. The molecule has 0 fully saturated rings. The van der Waals surface area contributed by atoms with E-state index in [1.165, 1.54) is 31.4 Å². The molecule has 1 atom stereocenters. The van der Waals surface area contributed by atoms with E-state index in [4.69, 9.17) is 9.47 Å². The molecule has 3 aromatic carbocycles. The van der Waals surface area contributed by atoms with Gasteiger partial charge in [0.2, 0.25) is 0 Å². The molecule has 0 spiro atoms. The first kappa shape index (κ1) is 20.9. The number of hydrogen-bond donors (Lipinski definition) is 0. The summed E-state index contributed by atoms with van der Waals surface area (Å²) in [7, 11) is -0.846. The van der Waals surface area contributed by atoms with Crippen LogP contribution in [0.25, 0.3) is 0 Å². The van der Waals surface area contributed by atoms with Crippen molar-refractivity contribution in [2.24, 2.45) is 5.10 Å². The van der Waals surface area contributed by atoms with E-state index >= 15 is 0 Å². The number of methoxy groups -OCH3 is 2. The van der Waals surface area contributed by atoms with Gasteiger partial charge in [-0.3, -0.25) is 0 Å². The van der Waals surface area contributed by atoms with Crippen LogP contribution in [0.2, 0.25) is 0 Å². The van der Waals surface area contributed by atoms with E-state index in [9.17, 15) is 12.8 Å². The number of rotatable bonds is 6. The van der Waals surface area contributed by atoms with Gasteiger partial charge >= 0.3 is 0 Å². The quantitative estimate of drug-likeness (QED) is 0.570. The summed E-state index contributed by atoms with van der Waals surface area (Å²) in [6, 6.07) is 18.6. The summed E-state index contributed by atoms with van der Waals surface area (Å²) in [4.78, 5) is 0.133. The highest BCUT2D eigenvalue weighted by molar-refractivity contribution is 7.89. The summed E-state index contributed by atoms with van der Waals surface area (Å²) in [5.74, 6) is 0.745. The Balaban J connectivity index is 1.82. The smallest absolute Gasteiger partial charge is 0.279 e. The molecule has 0 N–H and O–H groups in total. The Bertz CT molecular complexity index is 1210. The number of benzene rings is 3. The molecule has 8 heteroatoms. The zero-order chi connectivity index (χ0) is 22.0. The first-order valence-electron chi connectivity index (χ1n) is 9.59. The van der Waals surface area contributed by atoms with Gasteiger partial charge in [-0.2, -0.15) is 17.9 Å². The van der Waals surface area contributed by atoms with Crippen molar-refractivity contribution in [2.75, 3.05) is 14.2 Å². The van der Waals surface area contributed by atoms with E-state index < -0.39 is 21.9 Å². The van der Waals surface area contributed by atoms with Gasteiger partial charge in [-0.05, 0) is 42.0 Å². The van der Waals surface area contributed by atoms with Crippen molar-refractivity contribution in [3.63, 3.8) is 0 Å². The molecule has 160 valence electrons. The van der Waals surface area contributed by atoms with Crippen molar-refractivity contribution in [3.8, 4) is 11.5 Å². The van der Waals surface area contributed by atoms with Crippen LogP contribution in [-0.4, -0.2) is 32.8 Å². The summed E-state index contributed by atoms with van der Waals surface area (Å²) >= 11 is 0. The van der Waals surface area contributed by atoms with Gasteiger partial charge in [0, 0.05) is 18.1 Å². The van der Waals surface area contributed by atoms with Crippen LogP contribution in [0, 0.1) is 5.82 Å². The van der Waals surface area contributed by atoms with E-state index in [-0.39, 0.29) is 4.90 Å². The van der Waals surface area contributed by atoms with E-state index in [0.717, 1.165) is 4.41 Å². The Morgan fingerprint density at radius 2 is 1.68 bits per heavy atom. The average molecular weight is 440 g/mol. The molecule has 0 radical (unpaired) electrons. The molecule has 0 unspecified atom stereocenters. The van der Waals surface area contributed by atoms with Gasteiger partial charge in [-0.25, -0.2) is 4.39 Å². The Hall–Kier alpha value is -3.39. The molecular weight excluding hydrogens is 419 g/mol. The second-order valence-electron chi connectivity index (χ2n) is 6.98. The van der Waals surface area contributed by atoms with Gasteiger partial charge in [-0.15, -0.1) is 0 Å². The van der Waals surface area contributed by atoms with Crippen molar-refractivity contribution in [1.29, 1.82) is 0 Å². The maximum absolute atomic E-state index is 13.5. The third-order valence-corrected chi connectivity index (χ3v) is 6.83. The van der Waals surface area contributed by atoms with Crippen LogP contribution in [0.5, 0.6) is 11.5 Å². The molecule has 0 aliphatic carbocycles. The highest BCUT2D eigenvalue weighted by Gasteiger charge is 2.38. The van der Waals surface area contributed by atoms with Crippen LogP contribution in [0.4, 0.5) is 4.39 Å². The molecule has 0 amide bonds. The third-order valence-electron chi connectivity index (χ3n) is 5.13. The van der Waals surface area contributed by atoms with Crippen molar-refractivity contribution < 1.29 is 22.3 Å². The second kappa shape index (κ2) is 8.39. The fraction of sp³-hybridized carbons (Fsp3) is 0.174. The topological polar surface area (TPSA) is 68.2 Å². The maximum atomic E-state index is 13.5. The van der Waals surface area contributed by atoms with Crippen molar-refractivity contribution in [1.82, 2.24) is 4.41 Å². The summed E-state index contributed by atoms with van der Waals surface area (Å²) in [5.41, 5.74) is 1.86. The SMILES string of the molecule is COc1ccc(C2=NN(S(=O)(=O)c3ccccc3)[C@H](c3ccc(F)cc3)C2)c(OC)c1. The van der Waals surface area contributed by atoms with Crippen LogP contribution in [0.15, 0.2) is 82.8 Å². The first-order valence-corrected chi connectivity index (χ1v) is 11.0. The van der Waals surface area contributed by atoms with Gasteiger partial charge in [0.15, 0.2) is 0 Å².